The molecule has 1 aromatic heterocycles. The van der Waals surface area contributed by atoms with Crippen molar-refractivity contribution in [3.05, 3.63) is 24.2 Å². The molecule has 2 aliphatic rings. The first kappa shape index (κ1) is 10.4. The van der Waals surface area contributed by atoms with Gasteiger partial charge >= 0.3 is 0 Å². The molecule has 0 aromatic carbocycles. The molecule has 0 amide bonds. The SMILES string of the molecule is CC(NCC(C1CC1)C1CC1)c1ccoc1. The molecule has 2 fully saturated rings. The molecule has 0 radical (unpaired) electrons. The van der Waals surface area contributed by atoms with Gasteiger partial charge in [-0.1, -0.05) is 0 Å². The van der Waals surface area contributed by atoms with E-state index in [0.717, 1.165) is 17.8 Å². The lowest BCUT2D eigenvalue weighted by atomic mass is 9.97. The molecule has 0 aliphatic heterocycles. The second kappa shape index (κ2) is 4.25. The zero-order valence-electron chi connectivity index (χ0n) is 9.99. The largest absolute Gasteiger partial charge is 0.472 e. The van der Waals surface area contributed by atoms with Crippen LogP contribution in [-0.2, 0) is 0 Å². The Hall–Kier alpha value is -0.760. The van der Waals surface area contributed by atoms with Gasteiger partial charge in [-0.2, -0.15) is 0 Å². The van der Waals surface area contributed by atoms with E-state index in [0.29, 0.717) is 6.04 Å². The predicted octanol–water partition coefficient (Wildman–Crippen LogP) is 3.37. The highest BCUT2D eigenvalue weighted by Gasteiger charge is 2.41. The van der Waals surface area contributed by atoms with E-state index >= 15 is 0 Å². The molecule has 88 valence electrons. The highest BCUT2D eigenvalue weighted by molar-refractivity contribution is 5.10. The minimum Gasteiger partial charge on any atom is -0.472 e. The van der Waals surface area contributed by atoms with Crippen LogP contribution >= 0.6 is 0 Å². The zero-order chi connectivity index (χ0) is 11.0. The summed E-state index contributed by atoms with van der Waals surface area (Å²) in [6.07, 6.45) is 9.51. The summed E-state index contributed by atoms with van der Waals surface area (Å²) in [5.41, 5.74) is 1.27. The summed E-state index contributed by atoms with van der Waals surface area (Å²) in [6, 6.07) is 2.49. The van der Waals surface area contributed by atoms with Crippen LogP contribution in [0.25, 0.3) is 0 Å². The van der Waals surface area contributed by atoms with Crippen molar-refractivity contribution >= 4 is 0 Å². The maximum absolute atomic E-state index is 5.12. The molecule has 3 rings (SSSR count). The Kier molecular flexibility index (Phi) is 2.76. The van der Waals surface area contributed by atoms with Crippen molar-refractivity contribution in [3.8, 4) is 0 Å². The first-order valence-electron chi connectivity index (χ1n) is 6.60. The Morgan fingerprint density at radius 2 is 2.00 bits per heavy atom. The van der Waals surface area contributed by atoms with Crippen molar-refractivity contribution < 1.29 is 4.42 Å². The quantitative estimate of drug-likeness (QED) is 0.793. The molecule has 2 saturated carbocycles. The fraction of sp³-hybridized carbons (Fsp3) is 0.714. The topological polar surface area (TPSA) is 25.2 Å². The lowest BCUT2D eigenvalue weighted by molar-refractivity contribution is 0.361. The lowest BCUT2D eigenvalue weighted by Crippen LogP contribution is -2.27. The molecule has 0 saturated heterocycles. The van der Waals surface area contributed by atoms with Gasteiger partial charge in [0.2, 0.25) is 0 Å². The molecular formula is C14H21NO. The van der Waals surface area contributed by atoms with Crippen LogP contribution in [0.1, 0.15) is 44.2 Å². The average molecular weight is 219 g/mol. The standard InChI is InChI=1S/C14H21NO/c1-10(13-6-7-16-9-13)15-8-14(11-2-3-11)12-4-5-12/h6-7,9-12,14-15H,2-5,8H2,1H3. The van der Waals surface area contributed by atoms with Crippen molar-refractivity contribution in [2.75, 3.05) is 6.54 Å². The maximum atomic E-state index is 5.12. The normalized spacial score (nSPS) is 22.6. The van der Waals surface area contributed by atoms with Crippen LogP contribution in [0, 0.1) is 17.8 Å². The summed E-state index contributed by atoms with van der Waals surface area (Å²) in [6.45, 7) is 3.42. The molecular weight excluding hydrogens is 198 g/mol. The van der Waals surface area contributed by atoms with Gasteiger partial charge in [-0.15, -0.1) is 0 Å². The zero-order valence-corrected chi connectivity index (χ0v) is 9.99. The van der Waals surface area contributed by atoms with Crippen molar-refractivity contribution in [1.29, 1.82) is 0 Å². The Morgan fingerprint density at radius 1 is 1.31 bits per heavy atom. The molecule has 16 heavy (non-hydrogen) atoms. The third-order valence-corrected chi connectivity index (χ3v) is 4.16. The van der Waals surface area contributed by atoms with Crippen LogP contribution in [0.3, 0.4) is 0 Å². The maximum Gasteiger partial charge on any atom is 0.0950 e. The van der Waals surface area contributed by atoms with Crippen molar-refractivity contribution in [2.45, 2.75) is 38.6 Å². The van der Waals surface area contributed by atoms with Gasteiger partial charge < -0.3 is 9.73 Å². The van der Waals surface area contributed by atoms with Crippen LogP contribution in [0.5, 0.6) is 0 Å². The van der Waals surface area contributed by atoms with Crippen LogP contribution in [0.2, 0.25) is 0 Å². The van der Waals surface area contributed by atoms with Crippen molar-refractivity contribution in [1.82, 2.24) is 5.32 Å². The molecule has 1 unspecified atom stereocenters. The predicted molar refractivity (Wildman–Crippen MR) is 64.1 cm³/mol. The van der Waals surface area contributed by atoms with Gasteiger partial charge in [0.15, 0.2) is 0 Å². The molecule has 1 N–H and O–H groups in total. The third-order valence-electron chi connectivity index (χ3n) is 4.16. The number of furan rings is 1. The fourth-order valence-corrected chi connectivity index (χ4v) is 2.72. The number of hydrogen-bond acceptors (Lipinski definition) is 2. The summed E-state index contributed by atoms with van der Waals surface area (Å²) in [4.78, 5) is 0. The fourth-order valence-electron chi connectivity index (χ4n) is 2.72. The Balaban J connectivity index is 1.51. The molecule has 1 aromatic rings. The number of nitrogens with one attached hydrogen (secondary N) is 1. The van der Waals surface area contributed by atoms with Gasteiger partial charge in [0.1, 0.15) is 0 Å². The van der Waals surface area contributed by atoms with Gasteiger partial charge in [-0.3, -0.25) is 0 Å². The minimum absolute atomic E-state index is 0.429. The monoisotopic (exact) mass is 219 g/mol. The third kappa shape index (κ3) is 2.32. The summed E-state index contributed by atoms with van der Waals surface area (Å²) in [5.74, 6) is 3.03. The first-order chi connectivity index (χ1) is 7.84. The van der Waals surface area contributed by atoms with E-state index in [4.69, 9.17) is 4.42 Å². The highest BCUT2D eigenvalue weighted by atomic mass is 16.3. The molecule has 1 atom stereocenters. The van der Waals surface area contributed by atoms with Crippen LogP contribution in [-0.4, -0.2) is 6.54 Å². The first-order valence-corrected chi connectivity index (χ1v) is 6.60. The van der Waals surface area contributed by atoms with E-state index < -0.39 is 0 Å². The van der Waals surface area contributed by atoms with Crippen molar-refractivity contribution in [3.63, 3.8) is 0 Å². The second-order valence-electron chi connectivity index (χ2n) is 5.53. The lowest BCUT2D eigenvalue weighted by Gasteiger charge is -2.19. The number of hydrogen-bond donors (Lipinski definition) is 1. The average Bonchev–Trinajstić information content (AvgIpc) is 3.21. The Morgan fingerprint density at radius 3 is 2.50 bits per heavy atom. The Bertz CT molecular complexity index is 313. The van der Waals surface area contributed by atoms with Gasteiger partial charge in [0.05, 0.1) is 12.5 Å². The molecule has 2 aliphatic carbocycles. The molecule has 0 spiro atoms. The van der Waals surface area contributed by atoms with Crippen LogP contribution in [0.4, 0.5) is 0 Å². The molecule has 0 bridgehead atoms. The second-order valence-corrected chi connectivity index (χ2v) is 5.53. The van der Waals surface area contributed by atoms with Gasteiger partial charge in [0, 0.05) is 11.6 Å². The van der Waals surface area contributed by atoms with E-state index in [2.05, 4.69) is 18.3 Å². The van der Waals surface area contributed by atoms with Gasteiger partial charge in [-0.05, 0) is 63.0 Å². The van der Waals surface area contributed by atoms with E-state index in [1.807, 2.05) is 6.26 Å². The van der Waals surface area contributed by atoms with Gasteiger partial charge in [-0.25, -0.2) is 0 Å². The Labute approximate surface area is 97.4 Å². The van der Waals surface area contributed by atoms with Crippen molar-refractivity contribution in [2.24, 2.45) is 17.8 Å². The van der Waals surface area contributed by atoms with Crippen LogP contribution < -0.4 is 5.32 Å². The van der Waals surface area contributed by atoms with E-state index in [-0.39, 0.29) is 0 Å². The minimum atomic E-state index is 0.429. The van der Waals surface area contributed by atoms with E-state index in [9.17, 15) is 0 Å². The number of rotatable bonds is 6. The van der Waals surface area contributed by atoms with E-state index in [1.165, 1.54) is 37.8 Å². The van der Waals surface area contributed by atoms with Gasteiger partial charge in [0.25, 0.3) is 0 Å². The molecule has 2 nitrogen and oxygen atoms in total. The summed E-state index contributed by atoms with van der Waals surface area (Å²) < 4.78 is 5.12. The smallest absolute Gasteiger partial charge is 0.0950 e. The summed E-state index contributed by atoms with van der Waals surface area (Å²) in [7, 11) is 0. The molecule has 2 heteroatoms. The summed E-state index contributed by atoms with van der Waals surface area (Å²) >= 11 is 0. The van der Waals surface area contributed by atoms with Crippen LogP contribution in [0.15, 0.2) is 23.0 Å². The van der Waals surface area contributed by atoms with E-state index in [1.54, 1.807) is 6.26 Å². The summed E-state index contributed by atoms with van der Waals surface area (Å²) in [5, 5.41) is 3.67. The molecule has 1 heterocycles. The highest BCUT2D eigenvalue weighted by Crippen LogP contribution is 2.48.